The molecule has 0 saturated heterocycles. The Morgan fingerprint density at radius 1 is 0.900 bits per heavy atom. The largest absolute Gasteiger partial charge is 0.449 e. The van der Waals surface area contributed by atoms with E-state index in [4.69, 9.17) is 0 Å². The summed E-state index contributed by atoms with van der Waals surface area (Å²) < 4.78 is 4.61. The molecule has 0 bridgehead atoms. The fourth-order valence-corrected chi connectivity index (χ4v) is 5.02. The maximum Gasteiger partial charge on any atom is 0.288 e. The zero-order chi connectivity index (χ0) is 15.0. The SMILES string of the molecule is CC(C)(C)[Si](C)(C)N1C=CC=CB1B1C=CC=CN1S. The number of thiol groups is 1. The minimum absolute atomic E-state index is 0.277. The van der Waals surface area contributed by atoms with Crippen LogP contribution < -0.4 is 0 Å². The average molecular weight is 302 g/mol. The molecule has 106 valence electrons. The minimum Gasteiger partial charge on any atom is -0.449 e. The zero-order valence-electron chi connectivity index (χ0n) is 13.1. The second-order valence-corrected chi connectivity index (χ2v) is 12.6. The van der Waals surface area contributed by atoms with Gasteiger partial charge in [0.15, 0.2) is 0 Å². The predicted molar refractivity (Wildman–Crippen MR) is 97.9 cm³/mol. The summed E-state index contributed by atoms with van der Waals surface area (Å²) >= 11 is 4.60. The molecular weight excluding hydrogens is 278 g/mol. The molecule has 0 unspecified atom stereocenters. The molecule has 0 aromatic heterocycles. The van der Waals surface area contributed by atoms with Gasteiger partial charge in [0.25, 0.3) is 13.5 Å². The predicted octanol–water partition coefficient (Wildman–Crippen LogP) is 3.75. The molecule has 2 rings (SSSR count). The van der Waals surface area contributed by atoms with Crippen molar-refractivity contribution >= 4 is 34.5 Å². The lowest BCUT2D eigenvalue weighted by atomic mass is 9.20. The maximum absolute atomic E-state index is 4.60. The summed E-state index contributed by atoms with van der Waals surface area (Å²) in [6.07, 6.45) is 12.8. The van der Waals surface area contributed by atoms with Crippen molar-refractivity contribution in [3.05, 3.63) is 48.7 Å². The fraction of sp³-hybridized carbons (Fsp3) is 0.429. The Morgan fingerprint density at radius 3 is 2.00 bits per heavy atom. The molecule has 2 aliphatic rings. The number of rotatable bonds is 2. The van der Waals surface area contributed by atoms with Crippen molar-refractivity contribution in [3.63, 3.8) is 0 Å². The van der Waals surface area contributed by atoms with Gasteiger partial charge in [-0.2, -0.15) is 0 Å². The molecule has 0 spiro atoms. The zero-order valence-corrected chi connectivity index (χ0v) is 15.0. The van der Waals surface area contributed by atoms with Crippen molar-refractivity contribution < 1.29 is 0 Å². The van der Waals surface area contributed by atoms with Crippen LogP contribution in [0.5, 0.6) is 0 Å². The molecule has 0 aromatic carbocycles. The topological polar surface area (TPSA) is 6.48 Å². The molecule has 2 aliphatic heterocycles. The Bertz CT molecular complexity index is 480. The van der Waals surface area contributed by atoms with Crippen LogP contribution in [0.4, 0.5) is 0 Å². The highest BCUT2D eigenvalue weighted by atomic mass is 32.1. The molecule has 0 atom stereocenters. The van der Waals surface area contributed by atoms with Gasteiger partial charge in [0.2, 0.25) is 0 Å². The van der Waals surface area contributed by atoms with E-state index in [0.717, 1.165) is 0 Å². The molecule has 0 aliphatic carbocycles. The third kappa shape index (κ3) is 2.81. The van der Waals surface area contributed by atoms with E-state index in [-0.39, 0.29) is 6.74 Å². The molecule has 2 heterocycles. The van der Waals surface area contributed by atoms with Crippen LogP contribution in [0.3, 0.4) is 0 Å². The van der Waals surface area contributed by atoms with Gasteiger partial charge in [0, 0.05) is 0 Å². The molecule has 0 amide bonds. The third-order valence-corrected chi connectivity index (χ3v) is 10.6. The van der Waals surface area contributed by atoms with Crippen LogP contribution in [-0.4, -0.2) is 30.4 Å². The number of allylic oxidation sites excluding steroid dienone is 4. The van der Waals surface area contributed by atoms with Crippen LogP contribution >= 0.6 is 12.8 Å². The second kappa shape index (κ2) is 5.56. The van der Waals surface area contributed by atoms with Crippen molar-refractivity contribution in [2.75, 3.05) is 0 Å². The van der Waals surface area contributed by atoms with Crippen LogP contribution in [-0.2, 0) is 0 Å². The van der Waals surface area contributed by atoms with Crippen LogP contribution in [0.2, 0.25) is 18.1 Å². The normalized spacial score (nSPS) is 19.3. The van der Waals surface area contributed by atoms with E-state index in [2.05, 4.69) is 87.5 Å². The second-order valence-electron chi connectivity index (χ2n) is 7.03. The lowest BCUT2D eigenvalue weighted by Gasteiger charge is -2.50. The summed E-state index contributed by atoms with van der Waals surface area (Å²) in [5.41, 5.74) is 0. The van der Waals surface area contributed by atoms with Gasteiger partial charge in [0.1, 0.15) is 8.24 Å². The Labute approximate surface area is 131 Å². The summed E-state index contributed by atoms with van der Waals surface area (Å²) in [7, 11) is -1.60. The van der Waals surface area contributed by atoms with Gasteiger partial charge < -0.3 is 8.69 Å². The van der Waals surface area contributed by atoms with E-state index in [9.17, 15) is 0 Å². The first kappa shape index (κ1) is 15.6. The minimum atomic E-state index is -1.60. The first-order valence-electron chi connectivity index (χ1n) is 7.21. The van der Waals surface area contributed by atoms with Gasteiger partial charge in [-0.15, -0.1) is 0 Å². The Hall–Kier alpha value is -0.743. The van der Waals surface area contributed by atoms with Crippen LogP contribution in [0.1, 0.15) is 20.8 Å². The van der Waals surface area contributed by atoms with Gasteiger partial charge in [0.05, 0.1) is 0 Å². The average Bonchev–Trinajstić information content (AvgIpc) is 2.38. The highest BCUT2D eigenvalue weighted by molar-refractivity contribution is 7.80. The molecule has 0 aromatic rings. The maximum atomic E-state index is 4.60. The molecule has 20 heavy (non-hydrogen) atoms. The van der Waals surface area contributed by atoms with Crippen molar-refractivity contribution in [1.29, 1.82) is 0 Å². The molecular formula is C14H24B2N2SSi. The standard InChI is InChI=1S/C14H24B2N2SSi/c1-14(2,3)20(4,5)18-13-9-7-11-16(18)15-10-6-8-12-17(15)19/h6-13,19H,1-5H3. The number of nitrogens with zero attached hydrogens (tertiary/aromatic N) is 2. The summed E-state index contributed by atoms with van der Waals surface area (Å²) in [5, 5.41) is 0.316. The first-order valence-corrected chi connectivity index (χ1v) is 10.6. The van der Waals surface area contributed by atoms with E-state index in [1.165, 1.54) is 0 Å². The van der Waals surface area contributed by atoms with Gasteiger partial charge in [-0.25, -0.2) is 0 Å². The van der Waals surface area contributed by atoms with E-state index in [1.807, 2.05) is 16.5 Å². The van der Waals surface area contributed by atoms with Gasteiger partial charge in [-0.1, -0.05) is 70.8 Å². The molecule has 2 nitrogen and oxygen atoms in total. The summed E-state index contributed by atoms with van der Waals surface area (Å²) in [4.78, 5) is 0. The smallest absolute Gasteiger partial charge is 0.288 e. The quantitative estimate of drug-likeness (QED) is 0.613. The lowest BCUT2D eigenvalue weighted by molar-refractivity contribution is 0.654. The van der Waals surface area contributed by atoms with Crippen molar-refractivity contribution in [2.45, 2.75) is 38.9 Å². The number of hydrogen-bond acceptors (Lipinski definition) is 3. The van der Waals surface area contributed by atoms with E-state index < -0.39 is 8.24 Å². The first-order chi connectivity index (χ1) is 9.25. The van der Waals surface area contributed by atoms with Gasteiger partial charge in [-0.05, 0) is 29.6 Å². The Morgan fingerprint density at radius 2 is 1.45 bits per heavy atom. The lowest BCUT2D eigenvalue weighted by Crippen LogP contribution is -2.64. The Balaban J connectivity index is 2.32. The molecule has 6 heteroatoms. The van der Waals surface area contributed by atoms with Crippen LogP contribution in [0, 0.1) is 0 Å². The van der Waals surface area contributed by atoms with E-state index in [1.54, 1.807) is 0 Å². The van der Waals surface area contributed by atoms with Crippen LogP contribution in [0.15, 0.2) is 48.7 Å². The van der Waals surface area contributed by atoms with Gasteiger partial charge in [-0.3, -0.25) is 0 Å². The van der Waals surface area contributed by atoms with Crippen molar-refractivity contribution in [1.82, 2.24) is 8.69 Å². The monoisotopic (exact) mass is 302 g/mol. The summed E-state index contributed by atoms with van der Waals surface area (Å²) in [6.45, 7) is 12.6. The Kier molecular flexibility index (Phi) is 4.35. The summed E-state index contributed by atoms with van der Waals surface area (Å²) in [6, 6.07) is 0. The van der Waals surface area contributed by atoms with E-state index >= 15 is 0 Å². The van der Waals surface area contributed by atoms with E-state index in [0.29, 0.717) is 11.8 Å². The molecule has 0 saturated carbocycles. The molecule has 0 N–H and O–H groups in total. The molecule has 0 radical (unpaired) electrons. The summed E-state index contributed by atoms with van der Waals surface area (Å²) in [5.74, 6) is 4.54. The third-order valence-electron chi connectivity index (χ3n) is 4.78. The van der Waals surface area contributed by atoms with Crippen molar-refractivity contribution in [2.24, 2.45) is 0 Å². The molecule has 0 fully saturated rings. The highest BCUT2D eigenvalue weighted by Gasteiger charge is 2.47. The number of hydrogen-bond donors (Lipinski definition) is 1. The van der Waals surface area contributed by atoms with Gasteiger partial charge >= 0.3 is 0 Å². The highest BCUT2D eigenvalue weighted by Crippen LogP contribution is 2.40. The van der Waals surface area contributed by atoms with Crippen molar-refractivity contribution in [3.8, 4) is 0 Å². The fourth-order valence-electron chi connectivity index (χ4n) is 2.51. The van der Waals surface area contributed by atoms with Crippen LogP contribution in [0.25, 0.3) is 0 Å².